The summed E-state index contributed by atoms with van der Waals surface area (Å²) in [6.07, 6.45) is 1.71. The lowest BCUT2D eigenvalue weighted by Crippen LogP contribution is -2.30. The summed E-state index contributed by atoms with van der Waals surface area (Å²) in [4.78, 5) is 11.5. The van der Waals surface area contributed by atoms with Crippen molar-refractivity contribution in [2.75, 3.05) is 6.61 Å². The Morgan fingerprint density at radius 2 is 2.12 bits per heavy atom. The van der Waals surface area contributed by atoms with Gasteiger partial charge in [0.25, 0.3) is 0 Å². The summed E-state index contributed by atoms with van der Waals surface area (Å²) in [5, 5.41) is 0. The predicted molar refractivity (Wildman–Crippen MR) is 66.4 cm³/mol. The van der Waals surface area contributed by atoms with Crippen LogP contribution in [0.5, 0.6) is 0 Å². The molecule has 0 saturated heterocycles. The normalized spacial score (nSPS) is 24.1. The first kappa shape index (κ1) is 12.1. The molecule has 1 aromatic carbocycles. The average molecular weight is 233 g/mol. The van der Waals surface area contributed by atoms with Crippen LogP contribution < -0.4 is 5.73 Å². The van der Waals surface area contributed by atoms with Gasteiger partial charge < -0.3 is 10.5 Å². The number of hydrogen-bond donors (Lipinski definition) is 1. The van der Waals surface area contributed by atoms with Gasteiger partial charge in [-0.25, -0.2) is 0 Å². The second-order valence-electron chi connectivity index (χ2n) is 4.90. The van der Waals surface area contributed by atoms with Crippen LogP contribution in [0.15, 0.2) is 30.3 Å². The van der Waals surface area contributed by atoms with Gasteiger partial charge in [0, 0.05) is 6.04 Å². The molecule has 1 aliphatic carbocycles. The molecule has 3 nitrogen and oxygen atoms in total. The van der Waals surface area contributed by atoms with Crippen LogP contribution >= 0.6 is 0 Å². The average Bonchev–Trinajstić information content (AvgIpc) is 3.05. The maximum Gasteiger partial charge on any atom is 0.309 e. The third kappa shape index (κ3) is 3.56. The Bertz CT molecular complexity index is 377. The number of carbonyl (C=O) groups excluding carboxylic acids is 1. The number of carbonyl (C=O) groups is 1. The fraction of sp³-hybridized carbons (Fsp3) is 0.500. The number of nitrogens with two attached hydrogens (primary N) is 1. The van der Waals surface area contributed by atoms with E-state index in [4.69, 9.17) is 10.5 Å². The van der Waals surface area contributed by atoms with Crippen molar-refractivity contribution in [3.8, 4) is 0 Å². The van der Waals surface area contributed by atoms with Gasteiger partial charge in [-0.05, 0) is 24.3 Å². The zero-order valence-corrected chi connectivity index (χ0v) is 10.1. The van der Waals surface area contributed by atoms with E-state index in [2.05, 4.69) is 6.92 Å². The van der Waals surface area contributed by atoms with Crippen LogP contribution in [0.2, 0.25) is 0 Å². The second-order valence-corrected chi connectivity index (χ2v) is 4.90. The van der Waals surface area contributed by atoms with Crippen molar-refractivity contribution < 1.29 is 9.53 Å². The topological polar surface area (TPSA) is 52.3 Å². The van der Waals surface area contributed by atoms with E-state index in [-0.39, 0.29) is 17.9 Å². The summed E-state index contributed by atoms with van der Waals surface area (Å²) < 4.78 is 5.21. The van der Waals surface area contributed by atoms with E-state index >= 15 is 0 Å². The van der Waals surface area contributed by atoms with Gasteiger partial charge in [-0.1, -0.05) is 37.3 Å². The first-order valence-corrected chi connectivity index (χ1v) is 6.13. The van der Waals surface area contributed by atoms with E-state index in [1.54, 1.807) is 0 Å². The Labute approximate surface area is 102 Å². The molecule has 92 valence electrons. The summed E-state index contributed by atoms with van der Waals surface area (Å²) >= 11 is 0. The molecule has 0 aliphatic heterocycles. The Morgan fingerprint density at radius 1 is 1.47 bits per heavy atom. The van der Waals surface area contributed by atoms with Crippen LogP contribution in [-0.4, -0.2) is 18.6 Å². The standard InChI is InChI=1S/C14H19NO2/c1-10-7-13(10)14(16)17-9-12(15)8-11-5-3-2-4-6-11/h2-6,10,12-13H,7-9,15H2,1H3. The molecular formula is C14H19NO2. The maximum atomic E-state index is 11.5. The van der Waals surface area contributed by atoms with Crippen LogP contribution in [0.25, 0.3) is 0 Å². The highest BCUT2D eigenvalue weighted by Gasteiger charge is 2.40. The molecule has 0 aromatic heterocycles. The summed E-state index contributed by atoms with van der Waals surface area (Å²) in [5.41, 5.74) is 7.11. The number of benzene rings is 1. The molecule has 1 saturated carbocycles. The fourth-order valence-corrected chi connectivity index (χ4v) is 1.92. The molecule has 3 unspecified atom stereocenters. The molecule has 3 heteroatoms. The van der Waals surface area contributed by atoms with E-state index in [0.29, 0.717) is 12.5 Å². The van der Waals surface area contributed by atoms with Gasteiger partial charge in [-0.15, -0.1) is 0 Å². The van der Waals surface area contributed by atoms with Gasteiger partial charge in [0.2, 0.25) is 0 Å². The van der Waals surface area contributed by atoms with Gasteiger partial charge in [0.05, 0.1) is 5.92 Å². The highest BCUT2D eigenvalue weighted by atomic mass is 16.5. The minimum atomic E-state index is -0.115. The third-order valence-electron chi connectivity index (χ3n) is 3.19. The molecule has 3 atom stereocenters. The number of ether oxygens (including phenoxy) is 1. The van der Waals surface area contributed by atoms with Crippen molar-refractivity contribution in [2.45, 2.75) is 25.8 Å². The molecule has 1 aliphatic rings. The lowest BCUT2D eigenvalue weighted by molar-refractivity contribution is -0.146. The lowest BCUT2D eigenvalue weighted by Gasteiger charge is -2.12. The van der Waals surface area contributed by atoms with Gasteiger partial charge in [0.1, 0.15) is 6.61 Å². The van der Waals surface area contributed by atoms with E-state index < -0.39 is 0 Å². The Kier molecular flexibility index (Phi) is 3.79. The van der Waals surface area contributed by atoms with Gasteiger partial charge in [0.15, 0.2) is 0 Å². The van der Waals surface area contributed by atoms with Crippen LogP contribution in [0, 0.1) is 11.8 Å². The van der Waals surface area contributed by atoms with E-state index in [1.807, 2.05) is 30.3 Å². The Balaban J connectivity index is 1.71. The molecule has 0 amide bonds. The first-order valence-electron chi connectivity index (χ1n) is 6.13. The first-order chi connectivity index (χ1) is 8.16. The summed E-state index contributed by atoms with van der Waals surface area (Å²) in [7, 11) is 0. The largest absolute Gasteiger partial charge is 0.464 e. The number of hydrogen-bond acceptors (Lipinski definition) is 3. The van der Waals surface area contributed by atoms with Crippen LogP contribution in [0.1, 0.15) is 18.9 Å². The van der Waals surface area contributed by atoms with E-state index in [9.17, 15) is 4.79 Å². The summed E-state index contributed by atoms with van der Waals surface area (Å²) in [6, 6.07) is 9.90. The van der Waals surface area contributed by atoms with E-state index in [1.165, 1.54) is 5.56 Å². The van der Waals surface area contributed by atoms with Gasteiger partial charge >= 0.3 is 5.97 Å². The van der Waals surface area contributed by atoms with Crippen molar-refractivity contribution in [3.05, 3.63) is 35.9 Å². The van der Waals surface area contributed by atoms with Gasteiger partial charge in [-0.3, -0.25) is 4.79 Å². The summed E-state index contributed by atoms with van der Waals surface area (Å²) in [6.45, 7) is 2.38. The zero-order chi connectivity index (χ0) is 12.3. The summed E-state index contributed by atoms with van der Waals surface area (Å²) in [5.74, 6) is 0.535. The van der Waals surface area contributed by atoms with Crippen molar-refractivity contribution in [1.82, 2.24) is 0 Å². The number of rotatable bonds is 5. The van der Waals surface area contributed by atoms with Gasteiger partial charge in [-0.2, -0.15) is 0 Å². The van der Waals surface area contributed by atoms with E-state index in [0.717, 1.165) is 12.8 Å². The predicted octanol–water partition coefficient (Wildman–Crippen LogP) is 1.76. The zero-order valence-electron chi connectivity index (χ0n) is 10.1. The van der Waals surface area contributed by atoms with Crippen LogP contribution in [-0.2, 0) is 16.0 Å². The Morgan fingerprint density at radius 3 is 2.71 bits per heavy atom. The molecule has 1 fully saturated rings. The minimum Gasteiger partial charge on any atom is -0.464 e. The molecule has 0 heterocycles. The molecule has 0 bridgehead atoms. The Hall–Kier alpha value is -1.35. The monoisotopic (exact) mass is 233 g/mol. The second kappa shape index (κ2) is 5.32. The number of esters is 1. The molecule has 2 rings (SSSR count). The molecule has 2 N–H and O–H groups in total. The molecule has 1 aromatic rings. The highest BCUT2D eigenvalue weighted by molar-refractivity contribution is 5.75. The molecular weight excluding hydrogens is 214 g/mol. The minimum absolute atomic E-state index is 0.0824. The lowest BCUT2D eigenvalue weighted by atomic mass is 10.1. The van der Waals surface area contributed by atoms with Crippen molar-refractivity contribution in [3.63, 3.8) is 0 Å². The third-order valence-corrected chi connectivity index (χ3v) is 3.19. The van der Waals surface area contributed by atoms with Crippen LogP contribution in [0.4, 0.5) is 0 Å². The SMILES string of the molecule is CC1CC1C(=O)OCC(N)Cc1ccccc1. The van der Waals surface area contributed by atoms with Crippen molar-refractivity contribution in [2.24, 2.45) is 17.6 Å². The van der Waals surface area contributed by atoms with Crippen molar-refractivity contribution >= 4 is 5.97 Å². The molecule has 17 heavy (non-hydrogen) atoms. The maximum absolute atomic E-state index is 11.5. The smallest absolute Gasteiger partial charge is 0.309 e. The quantitative estimate of drug-likeness (QED) is 0.788. The molecule has 0 spiro atoms. The van der Waals surface area contributed by atoms with Crippen molar-refractivity contribution in [1.29, 1.82) is 0 Å². The highest BCUT2D eigenvalue weighted by Crippen LogP contribution is 2.38. The van der Waals surface area contributed by atoms with Crippen LogP contribution in [0.3, 0.4) is 0 Å². The fourth-order valence-electron chi connectivity index (χ4n) is 1.92. The molecule has 0 radical (unpaired) electrons.